The van der Waals surface area contributed by atoms with Crippen molar-refractivity contribution in [2.75, 3.05) is 32.7 Å². The molecule has 0 saturated carbocycles. The number of amides is 1. The Hall–Kier alpha value is -2.83. The number of nitrogens with zero attached hydrogens (tertiary/aromatic N) is 2. The topological polar surface area (TPSA) is 43.8 Å². The van der Waals surface area contributed by atoms with Gasteiger partial charge in [0.05, 0.1) is 6.10 Å². The third-order valence-electron chi connectivity index (χ3n) is 8.03. The van der Waals surface area contributed by atoms with E-state index in [1.807, 2.05) is 0 Å². The molecule has 2 aromatic carbocycles. The number of hydrogen-bond acceptors (Lipinski definition) is 3. The van der Waals surface area contributed by atoms with Crippen LogP contribution in [-0.2, 0) is 10.2 Å². The van der Waals surface area contributed by atoms with E-state index in [2.05, 4.69) is 41.3 Å². The van der Waals surface area contributed by atoms with Crippen molar-refractivity contribution in [1.29, 1.82) is 0 Å². The molecule has 2 saturated heterocycles. The van der Waals surface area contributed by atoms with Gasteiger partial charge in [-0.05, 0) is 79.6 Å². The van der Waals surface area contributed by atoms with Gasteiger partial charge >= 0.3 is 0 Å². The Kier molecular flexibility index (Phi) is 6.85. The molecule has 6 heteroatoms. The van der Waals surface area contributed by atoms with Crippen molar-refractivity contribution >= 4 is 18.1 Å². The van der Waals surface area contributed by atoms with E-state index >= 15 is 0 Å². The zero-order chi connectivity index (χ0) is 24.4. The maximum atomic E-state index is 13.3. The fourth-order valence-electron chi connectivity index (χ4n) is 5.81. The predicted octanol–water partition coefficient (Wildman–Crippen LogP) is 4.64. The molecule has 1 atom stereocenters. The molecule has 5 rings (SSSR count). The predicted molar refractivity (Wildman–Crippen MR) is 134 cm³/mol. The molecule has 2 aromatic rings. The van der Waals surface area contributed by atoms with Crippen molar-refractivity contribution in [2.45, 2.75) is 37.2 Å². The molecular formula is C29H32F2N2O2. The molecule has 35 heavy (non-hydrogen) atoms. The smallest absolute Gasteiger partial charge is 0.246 e. The standard InChI is InChI=1S/C29H32F2N2O2/c30-25-7-5-21(19-26(25)31)6-8-28(35)33-15-10-23(11-16-33)27(34)20-32-17-13-29(14-18-32)12-9-22-3-1-2-4-24(22)29/h1-9,12,19,23,27,34H,10-11,13-18,20H2/b8-6+. The minimum absolute atomic E-state index is 0.145. The van der Waals surface area contributed by atoms with Crippen LogP contribution in [0.3, 0.4) is 0 Å². The lowest BCUT2D eigenvalue weighted by atomic mass is 9.74. The van der Waals surface area contributed by atoms with Crippen LogP contribution in [0.15, 0.2) is 54.6 Å². The summed E-state index contributed by atoms with van der Waals surface area (Å²) in [5, 5.41) is 10.9. The maximum absolute atomic E-state index is 13.3. The molecule has 1 unspecified atom stereocenters. The third kappa shape index (κ3) is 5.09. The summed E-state index contributed by atoms with van der Waals surface area (Å²) in [4.78, 5) is 16.7. The normalized spacial score (nSPS) is 21.1. The number of carbonyl (C=O) groups excluding carboxylic acids is 1. The number of β-amino-alcohol motifs (C(OH)–C–C–N with tert-alkyl or cyclic N) is 1. The monoisotopic (exact) mass is 478 g/mol. The number of allylic oxidation sites excluding steroid dienone is 1. The van der Waals surface area contributed by atoms with Crippen LogP contribution in [-0.4, -0.2) is 59.6 Å². The SMILES string of the molecule is O=C(/C=C/c1ccc(F)c(F)c1)N1CCC(C(O)CN2CCC3(C=Cc4ccccc43)CC2)CC1. The van der Waals surface area contributed by atoms with Gasteiger partial charge in [-0.1, -0.05) is 42.5 Å². The highest BCUT2D eigenvalue weighted by Crippen LogP contribution is 2.43. The minimum atomic E-state index is -0.928. The van der Waals surface area contributed by atoms with Crippen LogP contribution >= 0.6 is 0 Å². The third-order valence-corrected chi connectivity index (χ3v) is 8.03. The number of benzene rings is 2. The molecule has 4 nitrogen and oxygen atoms in total. The molecule has 1 amide bonds. The van der Waals surface area contributed by atoms with E-state index < -0.39 is 17.7 Å². The number of aliphatic hydroxyl groups is 1. The average Bonchev–Trinajstić information content (AvgIpc) is 3.24. The van der Waals surface area contributed by atoms with Gasteiger partial charge in [0.25, 0.3) is 0 Å². The Morgan fingerprint density at radius 2 is 1.80 bits per heavy atom. The van der Waals surface area contributed by atoms with Gasteiger partial charge in [-0.2, -0.15) is 0 Å². The Balaban J connectivity index is 1.08. The highest BCUT2D eigenvalue weighted by molar-refractivity contribution is 5.91. The van der Waals surface area contributed by atoms with Gasteiger partial charge in [-0.15, -0.1) is 0 Å². The van der Waals surface area contributed by atoms with E-state index in [1.54, 1.807) is 4.90 Å². The number of carbonyl (C=O) groups is 1. The summed E-state index contributed by atoms with van der Waals surface area (Å²) in [6.07, 6.45) is 10.8. The van der Waals surface area contributed by atoms with E-state index in [0.717, 1.165) is 50.9 Å². The van der Waals surface area contributed by atoms with E-state index in [4.69, 9.17) is 0 Å². The van der Waals surface area contributed by atoms with Crippen LogP contribution in [0.4, 0.5) is 8.78 Å². The van der Waals surface area contributed by atoms with E-state index in [-0.39, 0.29) is 17.2 Å². The molecule has 1 N–H and O–H groups in total. The summed E-state index contributed by atoms with van der Waals surface area (Å²) in [7, 11) is 0. The quantitative estimate of drug-likeness (QED) is 0.637. The molecule has 184 valence electrons. The first-order valence-electron chi connectivity index (χ1n) is 12.5. The number of halogens is 2. The van der Waals surface area contributed by atoms with Crippen molar-refractivity contribution < 1.29 is 18.7 Å². The van der Waals surface area contributed by atoms with E-state index in [9.17, 15) is 18.7 Å². The molecule has 2 aliphatic heterocycles. The van der Waals surface area contributed by atoms with Crippen molar-refractivity contribution in [3.8, 4) is 0 Å². The molecule has 2 heterocycles. The Morgan fingerprint density at radius 1 is 1.06 bits per heavy atom. The second kappa shape index (κ2) is 10.0. The summed E-state index contributed by atoms with van der Waals surface area (Å²) in [6, 6.07) is 12.2. The van der Waals surface area contributed by atoms with Crippen molar-refractivity contribution in [3.05, 3.63) is 82.9 Å². The van der Waals surface area contributed by atoms with Crippen molar-refractivity contribution in [2.24, 2.45) is 5.92 Å². The molecular weight excluding hydrogens is 446 g/mol. The molecule has 1 spiro atoms. The number of likely N-dealkylation sites (tertiary alicyclic amines) is 2. The Labute approximate surface area is 205 Å². The molecule has 1 aliphatic carbocycles. The van der Waals surface area contributed by atoms with Gasteiger partial charge in [-0.25, -0.2) is 8.78 Å². The number of hydrogen-bond donors (Lipinski definition) is 1. The second-order valence-electron chi connectivity index (χ2n) is 10.1. The lowest BCUT2D eigenvalue weighted by molar-refractivity contribution is -0.128. The van der Waals surface area contributed by atoms with Gasteiger partial charge in [0.1, 0.15) is 0 Å². The summed E-state index contributed by atoms with van der Waals surface area (Å²) in [5.41, 5.74) is 3.37. The van der Waals surface area contributed by atoms with Crippen LogP contribution < -0.4 is 0 Å². The summed E-state index contributed by atoms with van der Waals surface area (Å²) in [6.45, 7) is 3.81. The van der Waals surface area contributed by atoms with Crippen LogP contribution in [0, 0.1) is 17.6 Å². The van der Waals surface area contributed by atoms with Gasteiger partial charge in [0.2, 0.25) is 5.91 Å². The van der Waals surface area contributed by atoms with Gasteiger partial charge in [0.15, 0.2) is 11.6 Å². The molecule has 0 radical (unpaired) electrons. The first-order valence-corrected chi connectivity index (χ1v) is 12.5. The van der Waals surface area contributed by atoms with Gasteiger partial charge in [-0.3, -0.25) is 4.79 Å². The lowest BCUT2D eigenvalue weighted by Crippen LogP contribution is -2.47. The van der Waals surface area contributed by atoms with Crippen molar-refractivity contribution in [1.82, 2.24) is 9.80 Å². The van der Waals surface area contributed by atoms with E-state index in [0.29, 0.717) is 25.2 Å². The second-order valence-corrected chi connectivity index (χ2v) is 10.1. The number of aliphatic hydroxyl groups excluding tert-OH is 1. The van der Waals surface area contributed by atoms with Gasteiger partial charge in [0, 0.05) is 31.1 Å². The highest BCUT2D eigenvalue weighted by Gasteiger charge is 2.38. The summed E-state index contributed by atoms with van der Waals surface area (Å²) < 4.78 is 26.4. The van der Waals surface area contributed by atoms with Gasteiger partial charge < -0.3 is 14.9 Å². The zero-order valence-corrected chi connectivity index (χ0v) is 19.9. The first kappa shape index (κ1) is 23.9. The largest absolute Gasteiger partial charge is 0.392 e. The molecule has 0 bridgehead atoms. The van der Waals surface area contributed by atoms with Crippen LogP contribution in [0.2, 0.25) is 0 Å². The minimum Gasteiger partial charge on any atom is -0.392 e. The fourth-order valence-corrected chi connectivity index (χ4v) is 5.81. The highest BCUT2D eigenvalue weighted by atomic mass is 19.2. The maximum Gasteiger partial charge on any atom is 0.246 e. The fraction of sp³-hybridized carbons (Fsp3) is 0.414. The van der Waals surface area contributed by atoms with Crippen LogP contribution in [0.5, 0.6) is 0 Å². The Morgan fingerprint density at radius 3 is 2.54 bits per heavy atom. The van der Waals surface area contributed by atoms with E-state index in [1.165, 1.54) is 29.3 Å². The zero-order valence-electron chi connectivity index (χ0n) is 19.9. The van der Waals surface area contributed by atoms with Crippen LogP contribution in [0.25, 0.3) is 12.2 Å². The number of fused-ring (bicyclic) bond motifs is 2. The summed E-state index contributed by atoms with van der Waals surface area (Å²) >= 11 is 0. The average molecular weight is 479 g/mol. The summed E-state index contributed by atoms with van der Waals surface area (Å²) in [5.74, 6) is -1.80. The molecule has 0 aromatic heterocycles. The molecule has 2 fully saturated rings. The van der Waals surface area contributed by atoms with Crippen molar-refractivity contribution in [3.63, 3.8) is 0 Å². The number of piperidine rings is 2. The van der Waals surface area contributed by atoms with Crippen LogP contribution in [0.1, 0.15) is 42.4 Å². The number of rotatable bonds is 5. The molecule has 3 aliphatic rings. The first-order chi connectivity index (χ1) is 16.9. The lowest BCUT2D eigenvalue weighted by Gasteiger charge is -2.41. The Bertz CT molecular complexity index is 1130.